The summed E-state index contributed by atoms with van der Waals surface area (Å²) >= 11 is 0. The van der Waals surface area contributed by atoms with Crippen LogP contribution in [-0.4, -0.2) is 41.8 Å². The van der Waals surface area contributed by atoms with Crippen molar-refractivity contribution in [2.45, 2.75) is 56.4 Å². The summed E-state index contributed by atoms with van der Waals surface area (Å²) in [5, 5.41) is 11.7. The Morgan fingerprint density at radius 2 is 1.56 bits per heavy atom. The van der Waals surface area contributed by atoms with Gasteiger partial charge < -0.3 is 15.2 Å². The third-order valence-electron chi connectivity index (χ3n) is 6.73. The van der Waals surface area contributed by atoms with Crippen molar-refractivity contribution in [1.29, 1.82) is 0 Å². The van der Waals surface area contributed by atoms with Crippen LogP contribution in [0.15, 0.2) is 48.5 Å². The summed E-state index contributed by atoms with van der Waals surface area (Å²) in [6.45, 7) is -0.367. The zero-order chi connectivity index (χ0) is 24.0. The van der Waals surface area contributed by atoms with Gasteiger partial charge in [-0.25, -0.2) is 15.1 Å². The third kappa shape index (κ3) is 5.56. The first-order valence-corrected chi connectivity index (χ1v) is 11.7. The number of ether oxygens (including phenoxy) is 1. The molecule has 0 saturated heterocycles. The molecule has 0 aliphatic heterocycles. The molecule has 8 nitrogen and oxygen atoms in total. The zero-order valence-corrected chi connectivity index (χ0v) is 19.0. The van der Waals surface area contributed by atoms with Gasteiger partial charge in [-0.05, 0) is 41.5 Å². The Labute approximate surface area is 198 Å². The monoisotopic (exact) mass is 466 g/mol. The van der Waals surface area contributed by atoms with Gasteiger partial charge in [0, 0.05) is 17.9 Å². The summed E-state index contributed by atoms with van der Waals surface area (Å²) in [5.41, 5.74) is 6.27. The van der Waals surface area contributed by atoms with E-state index in [4.69, 9.17) is 9.84 Å². The molecule has 0 aromatic heterocycles. The fourth-order valence-corrected chi connectivity index (χ4v) is 5.10. The maximum absolute atomic E-state index is 12.9. The second-order valence-corrected chi connectivity index (χ2v) is 9.00. The maximum atomic E-state index is 12.9. The average molecular weight is 467 g/mol. The first-order chi connectivity index (χ1) is 16.5. The van der Waals surface area contributed by atoms with Crippen molar-refractivity contribution in [3.63, 3.8) is 0 Å². The molecule has 0 atom stereocenters. The van der Waals surface area contributed by atoms with Crippen molar-refractivity contribution in [2.75, 3.05) is 13.2 Å². The number of fused-ring (bicyclic) bond motifs is 3. The Hall–Kier alpha value is -3.39. The highest BCUT2D eigenvalue weighted by atomic mass is 16.7. The number of amides is 2. The zero-order valence-electron chi connectivity index (χ0n) is 19.0. The topological polar surface area (TPSA) is 114 Å². The van der Waals surface area contributed by atoms with Crippen LogP contribution >= 0.6 is 0 Å². The number of benzene rings is 2. The number of nitrogens with one attached hydrogen (secondary N) is 2. The molecule has 2 aromatic rings. The molecule has 4 rings (SSSR count). The number of carbonyl (C=O) groups is 3. The van der Waals surface area contributed by atoms with Crippen molar-refractivity contribution in [3.8, 4) is 11.1 Å². The minimum atomic E-state index is -1.17. The lowest BCUT2D eigenvalue weighted by atomic mass is 9.78. The van der Waals surface area contributed by atoms with Crippen LogP contribution in [0.4, 0.5) is 4.79 Å². The van der Waals surface area contributed by atoms with Crippen LogP contribution in [0, 0.1) is 0 Å². The van der Waals surface area contributed by atoms with Crippen LogP contribution in [0.1, 0.15) is 62.0 Å². The van der Waals surface area contributed by atoms with E-state index in [9.17, 15) is 14.4 Å². The summed E-state index contributed by atoms with van der Waals surface area (Å²) in [6, 6.07) is 16.4. The van der Waals surface area contributed by atoms with Crippen molar-refractivity contribution in [2.24, 2.45) is 0 Å². The van der Waals surface area contributed by atoms with Crippen molar-refractivity contribution in [1.82, 2.24) is 10.8 Å². The van der Waals surface area contributed by atoms with Gasteiger partial charge >= 0.3 is 12.1 Å². The number of carbonyl (C=O) groups excluding carboxylic acids is 2. The number of hydroxylamine groups is 1. The first-order valence-electron chi connectivity index (χ1n) is 11.7. The molecule has 180 valence electrons. The minimum absolute atomic E-state index is 0.0161. The van der Waals surface area contributed by atoms with Crippen LogP contribution in [0.5, 0.6) is 0 Å². The number of carboxylic acids is 1. The predicted octanol–water partition coefficient (Wildman–Crippen LogP) is 4.14. The largest absolute Gasteiger partial charge is 0.479 e. The van der Waals surface area contributed by atoms with Gasteiger partial charge in [0.05, 0.1) is 0 Å². The average Bonchev–Trinajstić information content (AvgIpc) is 3.16. The molecule has 1 fully saturated rings. The van der Waals surface area contributed by atoms with Crippen LogP contribution < -0.4 is 10.8 Å². The van der Waals surface area contributed by atoms with Crippen molar-refractivity contribution in [3.05, 3.63) is 59.7 Å². The summed E-state index contributed by atoms with van der Waals surface area (Å²) in [5.74, 6) is -1.60. The third-order valence-corrected chi connectivity index (χ3v) is 6.73. The minimum Gasteiger partial charge on any atom is -0.479 e. The number of hydrogen-bond donors (Lipinski definition) is 3. The molecule has 2 amide bonds. The molecule has 2 aliphatic carbocycles. The second-order valence-electron chi connectivity index (χ2n) is 9.00. The fraction of sp³-hybridized carbons (Fsp3) is 0.423. The molecule has 0 spiro atoms. The van der Waals surface area contributed by atoms with Gasteiger partial charge in [-0.1, -0.05) is 67.8 Å². The number of alkyl carbamates (subject to hydrolysis) is 1. The molecular weight excluding hydrogens is 436 g/mol. The van der Waals surface area contributed by atoms with Gasteiger partial charge in [0.15, 0.2) is 6.61 Å². The van der Waals surface area contributed by atoms with E-state index in [1.165, 1.54) is 11.1 Å². The van der Waals surface area contributed by atoms with E-state index in [1.54, 1.807) is 0 Å². The van der Waals surface area contributed by atoms with Crippen molar-refractivity contribution >= 4 is 18.0 Å². The van der Waals surface area contributed by atoms with Crippen molar-refractivity contribution < 1.29 is 29.1 Å². The highest BCUT2D eigenvalue weighted by Gasteiger charge is 2.35. The van der Waals surface area contributed by atoms with Crippen LogP contribution in [0.25, 0.3) is 11.1 Å². The SMILES string of the molecule is O=C(O)CONC(=O)CCC1(NC(=O)OCC2c3ccccc3-c3ccccc32)CCCCC1. The summed E-state index contributed by atoms with van der Waals surface area (Å²) < 4.78 is 5.72. The van der Waals surface area contributed by atoms with E-state index < -0.39 is 30.1 Å². The molecule has 1 saturated carbocycles. The Morgan fingerprint density at radius 3 is 2.18 bits per heavy atom. The Bertz CT molecular complexity index is 1000. The lowest BCUT2D eigenvalue weighted by Crippen LogP contribution is -2.50. The highest BCUT2D eigenvalue weighted by molar-refractivity contribution is 5.79. The summed E-state index contributed by atoms with van der Waals surface area (Å²) in [7, 11) is 0. The Balaban J connectivity index is 1.35. The lowest BCUT2D eigenvalue weighted by Gasteiger charge is -2.37. The van der Waals surface area contributed by atoms with E-state index in [0.29, 0.717) is 6.42 Å². The normalized spacial score (nSPS) is 16.2. The summed E-state index contributed by atoms with van der Waals surface area (Å²) in [6.07, 6.45) is 4.60. The molecule has 0 bridgehead atoms. The molecule has 8 heteroatoms. The number of carboxylic acid groups (broad SMARTS) is 1. The van der Waals surface area contributed by atoms with Gasteiger partial charge in [-0.2, -0.15) is 0 Å². The summed E-state index contributed by atoms with van der Waals surface area (Å²) in [4.78, 5) is 40.1. The van der Waals surface area contributed by atoms with E-state index >= 15 is 0 Å². The molecule has 3 N–H and O–H groups in total. The van der Waals surface area contributed by atoms with Gasteiger partial charge in [0.1, 0.15) is 6.61 Å². The number of rotatable bonds is 9. The molecule has 0 radical (unpaired) electrons. The predicted molar refractivity (Wildman–Crippen MR) is 125 cm³/mol. The van der Waals surface area contributed by atoms with Crippen LogP contribution in [-0.2, 0) is 19.2 Å². The molecule has 0 unspecified atom stereocenters. The Morgan fingerprint density at radius 1 is 0.941 bits per heavy atom. The second kappa shape index (κ2) is 10.7. The number of aliphatic carboxylic acids is 1. The Kier molecular flexibility index (Phi) is 7.47. The maximum Gasteiger partial charge on any atom is 0.407 e. The van der Waals surface area contributed by atoms with Crippen LogP contribution in [0.2, 0.25) is 0 Å². The first kappa shape index (κ1) is 23.8. The standard InChI is InChI=1S/C26H30N2O6/c29-23(28-34-17-24(30)31)12-15-26(13-6-1-7-14-26)27-25(32)33-16-22-20-10-4-2-8-18(20)19-9-3-5-11-21(19)22/h2-5,8-11,22H,1,6-7,12-17H2,(H,27,32)(H,28,29)(H,30,31). The molecule has 2 aliphatic rings. The fourth-order valence-electron chi connectivity index (χ4n) is 5.10. The molecule has 2 aromatic carbocycles. The van der Waals surface area contributed by atoms with Gasteiger partial charge in [-0.3, -0.25) is 9.63 Å². The van der Waals surface area contributed by atoms with Gasteiger partial charge in [-0.15, -0.1) is 0 Å². The quantitative estimate of drug-likeness (QED) is 0.479. The molecule has 34 heavy (non-hydrogen) atoms. The number of hydrogen-bond acceptors (Lipinski definition) is 5. The van der Waals surface area contributed by atoms with Gasteiger partial charge in [0.25, 0.3) is 0 Å². The van der Waals surface area contributed by atoms with Crippen LogP contribution in [0.3, 0.4) is 0 Å². The van der Waals surface area contributed by atoms with E-state index in [-0.39, 0.29) is 18.9 Å². The smallest absolute Gasteiger partial charge is 0.407 e. The molecular formula is C26H30N2O6. The van der Waals surface area contributed by atoms with E-state index in [0.717, 1.165) is 43.2 Å². The lowest BCUT2D eigenvalue weighted by molar-refractivity contribution is -0.149. The van der Waals surface area contributed by atoms with E-state index in [1.807, 2.05) is 24.3 Å². The molecule has 0 heterocycles. The highest BCUT2D eigenvalue weighted by Crippen LogP contribution is 2.44. The van der Waals surface area contributed by atoms with Gasteiger partial charge in [0.2, 0.25) is 5.91 Å². The van der Waals surface area contributed by atoms with E-state index in [2.05, 4.69) is 39.9 Å².